The molecule has 140 valence electrons. The molecule has 0 atom stereocenters. The Morgan fingerprint density at radius 2 is 1.81 bits per heavy atom. The number of anilines is 2. The first-order valence-electron chi connectivity index (χ1n) is 9.06. The second kappa shape index (κ2) is 6.94. The molecule has 1 aromatic heterocycles. The maximum Gasteiger partial charge on any atom is 0.410 e. The van der Waals surface area contributed by atoms with Crippen molar-refractivity contribution in [2.24, 2.45) is 0 Å². The van der Waals surface area contributed by atoms with Crippen molar-refractivity contribution in [2.75, 3.05) is 24.6 Å². The second-order valence-corrected chi connectivity index (χ2v) is 7.88. The van der Waals surface area contributed by atoms with Gasteiger partial charge in [0.05, 0.1) is 0 Å². The molecule has 0 radical (unpaired) electrons. The number of carbonyl (C=O) groups is 1. The van der Waals surface area contributed by atoms with Gasteiger partial charge < -0.3 is 26.1 Å². The van der Waals surface area contributed by atoms with E-state index in [0.29, 0.717) is 30.5 Å². The van der Waals surface area contributed by atoms with Crippen molar-refractivity contribution in [3.63, 3.8) is 0 Å². The normalized spacial score (nSPS) is 15.9. The van der Waals surface area contributed by atoms with Crippen LogP contribution < -0.4 is 11.5 Å². The van der Waals surface area contributed by atoms with E-state index in [0.717, 1.165) is 29.7 Å². The number of para-hydroxylation sites is 1. The number of hydrogen-bond acceptors (Lipinski definition) is 4. The molecule has 5 N–H and O–H groups in total. The number of carbonyl (C=O) groups excluding carboxylic acids is 1. The van der Waals surface area contributed by atoms with Crippen LogP contribution in [0.25, 0.3) is 11.1 Å². The molecule has 1 aliphatic rings. The Bertz CT molecular complexity index is 783. The molecule has 6 heteroatoms. The molecule has 6 nitrogen and oxygen atoms in total. The molecule has 3 rings (SSSR count). The van der Waals surface area contributed by atoms with E-state index in [1.807, 2.05) is 45.0 Å². The van der Waals surface area contributed by atoms with Gasteiger partial charge in [0.25, 0.3) is 0 Å². The van der Waals surface area contributed by atoms with Gasteiger partial charge in [0.2, 0.25) is 0 Å². The number of amides is 1. The summed E-state index contributed by atoms with van der Waals surface area (Å²) in [7, 11) is 0. The maximum atomic E-state index is 12.2. The van der Waals surface area contributed by atoms with Crippen LogP contribution in [-0.4, -0.2) is 34.7 Å². The lowest BCUT2D eigenvalue weighted by molar-refractivity contribution is 0.0204. The van der Waals surface area contributed by atoms with Crippen molar-refractivity contribution < 1.29 is 9.53 Å². The first kappa shape index (κ1) is 18.2. The molecule has 2 heterocycles. The molecule has 1 aliphatic heterocycles. The molecule has 0 aliphatic carbocycles. The number of benzene rings is 1. The van der Waals surface area contributed by atoms with Crippen LogP contribution in [0.5, 0.6) is 0 Å². The van der Waals surface area contributed by atoms with Crippen molar-refractivity contribution in [1.29, 1.82) is 0 Å². The van der Waals surface area contributed by atoms with Gasteiger partial charge >= 0.3 is 6.09 Å². The molecule has 0 unspecified atom stereocenters. The van der Waals surface area contributed by atoms with E-state index in [1.54, 1.807) is 4.90 Å². The lowest BCUT2D eigenvalue weighted by Crippen LogP contribution is -2.41. The topological polar surface area (TPSA) is 97.4 Å². The van der Waals surface area contributed by atoms with Crippen molar-refractivity contribution in [3.05, 3.63) is 36.0 Å². The van der Waals surface area contributed by atoms with Crippen LogP contribution in [0.1, 0.15) is 45.2 Å². The summed E-state index contributed by atoms with van der Waals surface area (Å²) in [5, 5.41) is 0. The third kappa shape index (κ3) is 3.95. The standard InChI is InChI=1S/C20H28N4O2/c1-20(2,3)26-19(25)24-10-8-13(9-11-24)17-12-15(18(22)23-17)14-6-4-5-7-16(14)21/h4-7,12-13,23H,8-11,21-22H2,1-3H3. The van der Waals surface area contributed by atoms with Gasteiger partial charge in [-0.3, -0.25) is 0 Å². The number of aromatic nitrogens is 1. The summed E-state index contributed by atoms with van der Waals surface area (Å²) in [5.41, 5.74) is 15.5. The van der Waals surface area contributed by atoms with Crippen LogP contribution in [0.4, 0.5) is 16.3 Å². The summed E-state index contributed by atoms with van der Waals surface area (Å²) in [5.74, 6) is 0.974. The highest BCUT2D eigenvalue weighted by molar-refractivity contribution is 5.83. The van der Waals surface area contributed by atoms with Gasteiger partial charge in [-0.15, -0.1) is 0 Å². The summed E-state index contributed by atoms with van der Waals surface area (Å²) >= 11 is 0. The van der Waals surface area contributed by atoms with Crippen LogP contribution in [0.3, 0.4) is 0 Å². The Balaban J connectivity index is 1.68. The van der Waals surface area contributed by atoms with Crippen LogP contribution >= 0.6 is 0 Å². The number of likely N-dealkylation sites (tertiary alicyclic amines) is 1. The molecule has 1 fully saturated rings. The SMILES string of the molecule is CC(C)(C)OC(=O)N1CCC(c2cc(-c3ccccc3N)c(N)[nH]2)CC1. The summed E-state index contributed by atoms with van der Waals surface area (Å²) in [6, 6.07) is 9.81. The van der Waals surface area contributed by atoms with E-state index < -0.39 is 5.60 Å². The fraction of sp³-hybridized carbons (Fsp3) is 0.450. The van der Waals surface area contributed by atoms with E-state index in [4.69, 9.17) is 16.2 Å². The smallest absolute Gasteiger partial charge is 0.410 e. The van der Waals surface area contributed by atoms with Gasteiger partial charge in [-0.05, 0) is 45.7 Å². The molecule has 1 amide bonds. The van der Waals surface area contributed by atoms with Crippen LogP contribution in [0, 0.1) is 0 Å². The number of nitrogen functional groups attached to an aromatic ring is 2. The van der Waals surface area contributed by atoms with Gasteiger partial charge in [0, 0.05) is 41.5 Å². The average molecular weight is 356 g/mol. The predicted octanol–water partition coefficient (Wildman–Crippen LogP) is 3.96. The average Bonchev–Trinajstić information content (AvgIpc) is 2.95. The number of hydrogen-bond donors (Lipinski definition) is 3. The summed E-state index contributed by atoms with van der Waals surface area (Å²) in [6.07, 6.45) is 1.52. The molecule has 1 saturated heterocycles. The minimum atomic E-state index is -0.466. The highest BCUT2D eigenvalue weighted by Gasteiger charge is 2.28. The number of nitrogens with two attached hydrogens (primary N) is 2. The van der Waals surface area contributed by atoms with Gasteiger partial charge in [-0.1, -0.05) is 18.2 Å². The van der Waals surface area contributed by atoms with E-state index in [9.17, 15) is 4.79 Å². The molecule has 0 spiro atoms. The lowest BCUT2D eigenvalue weighted by atomic mass is 9.93. The molecule has 26 heavy (non-hydrogen) atoms. The van der Waals surface area contributed by atoms with Crippen molar-refractivity contribution in [2.45, 2.75) is 45.1 Å². The minimum absolute atomic E-state index is 0.236. The van der Waals surface area contributed by atoms with E-state index in [1.165, 1.54) is 0 Å². The largest absolute Gasteiger partial charge is 0.444 e. The number of aromatic amines is 1. The third-order valence-electron chi connectivity index (χ3n) is 4.71. The van der Waals surface area contributed by atoms with Crippen molar-refractivity contribution >= 4 is 17.6 Å². The zero-order valence-electron chi connectivity index (χ0n) is 15.7. The van der Waals surface area contributed by atoms with Gasteiger partial charge in [-0.25, -0.2) is 4.79 Å². The highest BCUT2D eigenvalue weighted by atomic mass is 16.6. The van der Waals surface area contributed by atoms with Gasteiger partial charge in [0.15, 0.2) is 0 Å². The third-order valence-corrected chi connectivity index (χ3v) is 4.71. The molecule has 1 aromatic carbocycles. The van der Waals surface area contributed by atoms with Crippen LogP contribution in [0.15, 0.2) is 30.3 Å². The summed E-state index contributed by atoms with van der Waals surface area (Å²) in [6.45, 7) is 7.02. The lowest BCUT2D eigenvalue weighted by Gasteiger charge is -2.33. The number of ether oxygens (including phenoxy) is 1. The number of nitrogens with zero attached hydrogens (tertiary/aromatic N) is 1. The molecule has 0 saturated carbocycles. The maximum absolute atomic E-state index is 12.2. The van der Waals surface area contributed by atoms with Crippen LogP contribution in [0.2, 0.25) is 0 Å². The van der Waals surface area contributed by atoms with Gasteiger partial charge in [-0.2, -0.15) is 0 Å². The van der Waals surface area contributed by atoms with E-state index in [-0.39, 0.29) is 6.09 Å². The summed E-state index contributed by atoms with van der Waals surface area (Å²) < 4.78 is 5.46. The first-order chi connectivity index (χ1) is 12.2. The summed E-state index contributed by atoms with van der Waals surface area (Å²) in [4.78, 5) is 17.3. The Kier molecular flexibility index (Phi) is 4.85. The molecule has 2 aromatic rings. The Morgan fingerprint density at radius 3 is 2.42 bits per heavy atom. The van der Waals surface area contributed by atoms with Crippen molar-refractivity contribution in [1.82, 2.24) is 9.88 Å². The number of rotatable bonds is 2. The monoisotopic (exact) mass is 356 g/mol. The van der Waals surface area contributed by atoms with E-state index in [2.05, 4.69) is 11.1 Å². The van der Waals surface area contributed by atoms with E-state index >= 15 is 0 Å². The zero-order chi connectivity index (χ0) is 18.9. The predicted molar refractivity (Wildman–Crippen MR) is 105 cm³/mol. The Morgan fingerprint density at radius 1 is 1.15 bits per heavy atom. The highest BCUT2D eigenvalue weighted by Crippen LogP contribution is 2.36. The fourth-order valence-electron chi connectivity index (χ4n) is 3.38. The number of H-pyrrole nitrogens is 1. The number of piperidine rings is 1. The van der Waals surface area contributed by atoms with Gasteiger partial charge in [0.1, 0.15) is 11.4 Å². The molecule has 0 bridgehead atoms. The Hall–Kier alpha value is -2.63. The van der Waals surface area contributed by atoms with Crippen molar-refractivity contribution in [3.8, 4) is 11.1 Å². The molecular formula is C20H28N4O2. The number of nitrogens with one attached hydrogen (secondary N) is 1. The second-order valence-electron chi connectivity index (χ2n) is 7.88. The minimum Gasteiger partial charge on any atom is -0.444 e. The van der Waals surface area contributed by atoms with Crippen LogP contribution in [-0.2, 0) is 4.74 Å². The Labute approximate surface area is 154 Å². The molecular weight excluding hydrogens is 328 g/mol. The zero-order valence-corrected chi connectivity index (χ0v) is 15.7. The first-order valence-corrected chi connectivity index (χ1v) is 9.06. The fourth-order valence-corrected chi connectivity index (χ4v) is 3.38. The quantitative estimate of drug-likeness (QED) is 0.709.